The number of benzene rings is 2. The maximum absolute atomic E-state index is 12.3. The second-order valence-corrected chi connectivity index (χ2v) is 14.0. The largest absolute Gasteiger partial charge is 0.405 e. The average Bonchev–Trinajstić information content (AvgIpc) is 3.15. The molecular formula is C27H30N2O5Si. The molecule has 0 bridgehead atoms. The van der Waals surface area contributed by atoms with Crippen LogP contribution in [0.4, 0.5) is 0 Å². The summed E-state index contributed by atoms with van der Waals surface area (Å²) in [5, 5.41) is 12.9. The monoisotopic (exact) mass is 490 g/mol. The molecule has 0 amide bonds. The van der Waals surface area contributed by atoms with Gasteiger partial charge in [-0.15, -0.1) is 6.42 Å². The molecule has 0 saturated carbocycles. The van der Waals surface area contributed by atoms with Crippen LogP contribution in [-0.4, -0.2) is 41.8 Å². The Morgan fingerprint density at radius 3 is 2.11 bits per heavy atom. The number of hydrogen-bond donors (Lipinski definition) is 2. The summed E-state index contributed by atoms with van der Waals surface area (Å²) >= 11 is 0. The number of rotatable bonds is 6. The fourth-order valence-electron chi connectivity index (χ4n) is 4.92. The number of nitrogens with one attached hydrogen (secondary N) is 1. The van der Waals surface area contributed by atoms with E-state index in [4.69, 9.17) is 15.6 Å². The van der Waals surface area contributed by atoms with Crippen LogP contribution in [0.3, 0.4) is 0 Å². The molecule has 4 atom stereocenters. The number of nitrogens with zero attached hydrogens (tertiary/aromatic N) is 1. The van der Waals surface area contributed by atoms with Crippen LogP contribution in [0.1, 0.15) is 27.0 Å². The number of aliphatic hydroxyl groups excluding tert-OH is 1. The minimum absolute atomic E-state index is 0.133. The lowest BCUT2D eigenvalue weighted by molar-refractivity contribution is -0.0513. The normalized spacial score (nSPS) is 22.6. The van der Waals surface area contributed by atoms with Crippen LogP contribution in [0.25, 0.3) is 0 Å². The number of ether oxygens (including phenoxy) is 1. The molecule has 7 nitrogen and oxygen atoms in total. The number of aliphatic hydroxyl groups is 1. The first-order valence-electron chi connectivity index (χ1n) is 11.5. The molecule has 1 fully saturated rings. The van der Waals surface area contributed by atoms with Gasteiger partial charge in [0.15, 0.2) is 6.23 Å². The first-order chi connectivity index (χ1) is 16.7. The van der Waals surface area contributed by atoms with Crippen molar-refractivity contribution in [3.63, 3.8) is 0 Å². The van der Waals surface area contributed by atoms with E-state index in [1.807, 2.05) is 36.4 Å². The van der Waals surface area contributed by atoms with Crippen LogP contribution in [0, 0.1) is 18.3 Å². The average molecular weight is 491 g/mol. The van der Waals surface area contributed by atoms with Gasteiger partial charge in [0.2, 0.25) is 0 Å². The Hall–Kier alpha value is -3.22. The molecule has 0 radical (unpaired) electrons. The van der Waals surface area contributed by atoms with Gasteiger partial charge >= 0.3 is 5.69 Å². The zero-order valence-electron chi connectivity index (χ0n) is 20.0. The predicted molar refractivity (Wildman–Crippen MR) is 137 cm³/mol. The van der Waals surface area contributed by atoms with E-state index >= 15 is 0 Å². The Labute approximate surface area is 205 Å². The third kappa shape index (κ3) is 4.56. The van der Waals surface area contributed by atoms with E-state index in [1.54, 1.807) is 0 Å². The van der Waals surface area contributed by atoms with Gasteiger partial charge in [-0.3, -0.25) is 14.3 Å². The summed E-state index contributed by atoms with van der Waals surface area (Å²) in [5.74, 6) is 1.92. The van der Waals surface area contributed by atoms with Gasteiger partial charge in [-0.1, -0.05) is 87.4 Å². The first kappa shape index (κ1) is 24.9. The van der Waals surface area contributed by atoms with Crippen molar-refractivity contribution in [2.24, 2.45) is 5.92 Å². The SMILES string of the molecule is C#C[C@H]1[C@@H](O)[C@H](n2ccc(=O)[nH]c2=O)O[C@@H]1CO[Si](c1ccccc1)(c1ccccc1)C(C)(C)C. The summed E-state index contributed by atoms with van der Waals surface area (Å²) in [5.41, 5.74) is -1.20. The summed E-state index contributed by atoms with van der Waals surface area (Å²) in [6, 6.07) is 21.6. The van der Waals surface area contributed by atoms with Crippen molar-refractivity contribution in [1.82, 2.24) is 9.55 Å². The molecule has 2 heterocycles. The topological polar surface area (TPSA) is 93.6 Å². The molecule has 1 saturated heterocycles. The van der Waals surface area contributed by atoms with E-state index in [-0.39, 0.29) is 11.6 Å². The van der Waals surface area contributed by atoms with Crippen molar-refractivity contribution < 1.29 is 14.3 Å². The number of aromatic amines is 1. The highest BCUT2D eigenvalue weighted by Gasteiger charge is 2.52. The highest BCUT2D eigenvalue weighted by molar-refractivity contribution is 6.99. The van der Waals surface area contributed by atoms with Crippen LogP contribution in [0.15, 0.2) is 82.5 Å². The van der Waals surface area contributed by atoms with E-state index in [1.165, 1.54) is 12.3 Å². The van der Waals surface area contributed by atoms with Crippen molar-refractivity contribution in [1.29, 1.82) is 0 Å². The fraction of sp³-hybridized carbons (Fsp3) is 0.333. The molecule has 0 aliphatic carbocycles. The molecule has 0 spiro atoms. The molecule has 35 heavy (non-hydrogen) atoms. The van der Waals surface area contributed by atoms with Gasteiger partial charge in [-0.2, -0.15) is 0 Å². The van der Waals surface area contributed by atoms with Crippen molar-refractivity contribution in [3.05, 3.63) is 93.8 Å². The predicted octanol–water partition coefficient (Wildman–Crippen LogP) is 1.62. The van der Waals surface area contributed by atoms with Crippen molar-refractivity contribution in [2.75, 3.05) is 6.61 Å². The van der Waals surface area contributed by atoms with Gasteiger partial charge in [-0.25, -0.2) is 4.79 Å². The van der Waals surface area contributed by atoms with E-state index in [2.05, 4.69) is 55.9 Å². The molecule has 2 aromatic carbocycles. The van der Waals surface area contributed by atoms with Crippen molar-refractivity contribution in [2.45, 2.75) is 44.2 Å². The summed E-state index contributed by atoms with van der Waals surface area (Å²) in [4.78, 5) is 26.0. The third-order valence-corrected chi connectivity index (χ3v) is 11.6. The lowest BCUT2D eigenvalue weighted by Crippen LogP contribution is -2.67. The number of aromatic nitrogens is 2. The van der Waals surface area contributed by atoms with E-state index in [9.17, 15) is 14.7 Å². The molecule has 1 aliphatic heterocycles. The lowest BCUT2D eigenvalue weighted by Gasteiger charge is -2.43. The standard InChI is InChI=1S/C27H30N2O5Si/c1-5-21-22(34-25(24(21)31)29-17-16-23(30)28-26(29)32)18-33-35(27(2,3)4,19-12-8-6-9-13-19)20-14-10-7-11-15-20/h1,6-17,21-22,24-25,31H,18H2,2-4H3,(H,28,30,32)/t21-,22-,24-,25-/m1/s1. The zero-order chi connectivity index (χ0) is 25.2. The number of H-pyrrole nitrogens is 1. The van der Waals surface area contributed by atoms with Crippen LogP contribution in [-0.2, 0) is 9.16 Å². The third-order valence-electron chi connectivity index (χ3n) is 6.57. The molecule has 1 aromatic heterocycles. The number of terminal acetylenes is 1. The van der Waals surface area contributed by atoms with Gasteiger partial charge in [0, 0.05) is 12.3 Å². The lowest BCUT2D eigenvalue weighted by atomic mass is 9.99. The molecule has 8 heteroatoms. The first-order valence-corrected chi connectivity index (χ1v) is 13.5. The minimum Gasteiger partial charge on any atom is -0.405 e. The Bertz CT molecular complexity index is 1270. The van der Waals surface area contributed by atoms with Gasteiger partial charge in [-0.05, 0) is 15.4 Å². The maximum atomic E-state index is 12.3. The molecule has 0 unspecified atom stereocenters. The van der Waals surface area contributed by atoms with Crippen LogP contribution < -0.4 is 21.6 Å². The summed E-state index contributed by atoms with van der Waals surface area (Å²) in [6.07, 6.45) is 4.26. The number of hydrogen-bond acceptors (Lipinski definition) is 5. The fourth-order valence-corrected chi connectivity index (χ4v) is 9.49. The van der Waals surface area contributed by atoms with Crippen LogP contribution in [0.2, 0.25) is 5.04 Å². The van der Waals surface area contributed by atoms with Gasteiger partial charge < -0.3 is 14.3 Å². The highest BCUT2D eigenvalue weighted by Crippen LogP contribution is 2.39. The molecule has 3 aromatic rings. The molecule has 182 valence electrons. The van der Waals surface area contributed by atoms with E-state index in [0.717, 1.165) is 14.9 Å². The van der Waals surface area contributed by atoms with E-state index < -0.39 is 43.9 Å². The molecule has 1 aliphatic rings. The smallest absolute Gasteiger partial charge is 0.330 e. The summed E-state index contributed by atoms with van der Waals surface area (Å²) in [7, 11) is -2.85. The summed E-state index contributed by atoms with van der Waals surface area (Å²) in [6.45, 7) is 6.65. The Kier molecular flexibility index (Phi) is 6.97. The highest BCUT2D eigenvalue weighted by atomic mass is 28.4. The quantitative estimate of drug-likeness (QED) is 0.405. The van der Waals surface area contributed by atoms with Crippen LogP contribution >= 0.6 is 0 Å². The maximum Gasteiger partial charge on any atom is 0.330 e. The molecule has 2 N–H and O–H groups in total. The Morgan fingerprint density at radius 2 is 1.63 bits per heavy atom. The second kappa shape index (κ2) is 9.80. The molecule has 4 rings (SSSR count). The van der Waals surface area contributed by atoms with Gasteiger partial charge in [0.1, 0.15) is 6.10 Å². The molecular weight excluding hydrogens is 460 g/mol. The van der Waals surface area contributed by atoms with Gasteiger partial charge in [0.25, 0.3) is 13.9 Å². The Morgan fingerprint density at radius 1 is 1.06 bits per heavy atom. The zero-order valence-corrected chi connectivity index (χ0v) is 21.0. The van der Waals surface area contributed by atoms with Crippen molar-refractivity contribution in [3.8, 4) is 12.3 Å². The van der Waals surface area contributed by atoms with Gasteiger partial charge in [0.05, 0.1) is 18.6 Å². The summed E-state index contributed by atoms with van der Waals surface area (Å²) < 4.78 is 14.2. The van der Waals surface area contributed by atoms with Crippen LogP contribution in [0.5, 0.6) is 0 Å². The van der Waals surface area contributed by atoms with Crippen molar-refractivity contribution >= 4 is 18.7 Å². The van der Waals surface area contributed by atoms with E-state index in [0.29, 0.717) is 0 Å². The second-order valence-electron chi connectivity index (χ2n) is 9.74. The minimum atomic E-state index is -2.85. The Balaban J connectivity index is 1.71.